The number of allylic oxidation sites excluding steroid dienone is 1. The van der Waals surface area contributed by atoms with Gasteiger partial charge in [-0.15, -0.1) is 0 Å². The fourth-order valence-electron chi connectivity index (χ4n) is 5.32. The number of likely N-dealkylation sites (N-methyl/N-ethyl adjacent to an activating group) is 2. The number of carbonyl (C=O) groups excluding carboxylic acids is 3. The lowest BCUT2D eigenvalue weighted by atomic mass is 9.68. The highest BCUT2D eigenvalue weighted by molar-refractivity contribution is 5.92. The molecule has 1 spiro atoms. The Balaban J connectivity index is 1.51. The van der Waals surface area contributed by atoms with Crippen molar-refractivity contribution in [1.29, 1.82) is 0 Å². The van der Waals surface area contributed by atoms with E-state index in [0.29, 0.717) is 26.1 Å². The van der Waals surface area contributed by atoms with E-state index in [1.54, 1.807) is 26.1 Å². The van der Waals surface area contributed by atoms with E-state index >= 15 is 0 Å². The standard InChI is InChI=1S/C25H42N4O7/c1-16(2)7-8-18-24(3,36-18)22-21(33-6)17(9-10-25(22)15-34-25)35-23(32)28-20(31)14-29(5)12-11-27-19(30)13-26-4/h7,17-18,21-22,26H,8-15H2,1-6H3,(H,27,30)(H,28,31,32)/t17?,18-,21?,22?,24+,25+/m1/s1. The summed E-state index contributed by atoms with van der Waals surface area (Å²) in [4.78, 5) is 38.1. The molecule has 0 bridgehead atoms. The number of rotatable bonds is 12. The molecule has 3 aliphatic rings. The van der Waals surface area contributed by atoms with E-state index in [0.717, 1.165) is 12.8 Å². The molecule has 0 aromatic rings. The number of hydrogen-bond donors (Lipinski definition) is 3. The minimum Gasteiger partial charge on any atom is -0.443 e. The fraction of sp³-hybridized carbons (Fsp3) is 0.800. The highest BCUT2D eigenvalue weighted by atomic mass is 16.6. The van der Waals surface area contributed by atoms with E-state index in [1.165, 1.54) is 5.57 Å². The Bertz CT molecular complexity index is 842. The van der Waals surface area contributed by atoms with Crippen LogP contribution in [0.25, 0.3) is 0 Å². The van der Waals surface area contributed by atoms with Gasteiger partial charge in [-0.1, -0.05) is 11.6 Å². The Morgan fingerprint density at radius 2 is 1.94 bits per heavy atom. The highest BCUT2D eigenvalue weighted by Crippen LogP contribution is 2.59. The first-order valence-electron chi connectivity index (χ1n) is 12.6. The SMILES string of the molecule is CNCC(=O)NCCN(C)CC(=O)NC(=O)OC1CC[C@]2(CO2)C([C@@]2(C)O[C@@H]2CC=C(C)C)C1OC. The number of ether oxygens (including phenoxy) is 4. The third-order valence-electron chi connectivity index (χ3n) is 7.30. The molecular formula is C25H42N4O7. The second-order valence-corrected chi connectivity index (χ2v) is 10.5. The van der Waals surface area contributed by atoms with Gasteiger partial charge in [0.05, 0.1) is 31.7 Å². The monoisotopic (exact) mass is 510 g/mol. The van der Waals surface area contributed by atoms with E-state index in [2.05, 4.69) is 42.8 Å². The van der Waals surface area contributed by atoms with Crippen LogP contribution in [0, 0.1) is 5.92 Å². The molecule has 3 unspecified atom stereocenters. The van der Waals surface area contributed by atoms with Crippen molar-refractivity contribution in [2.75, 3.05) is 54.0 Å². The van der Waals surface area contributed by atoms with Gasteiger partial charge in [-0.3, -0.25) is 19.8 Å². The molecule has 3 N–H and O–H groups in total. The number of alkyl carbamates (subject to hydrolysis) is 1. The molecule has 2 aliphatic heterocycles. The molecule has 1 aliphatic carbocycles. The number of nitrogens with zero attached hydrogens (tertiary/aromatic N) is 1. The summed E-state index contributed by atoms with van der Waals surface area (Å²) in [6.07, 6.45) is 2.63. The minimum atomic E-state index is -0.794. The molecule has 1 saturated carbocycles. The lowest BCUT2D eigenvalue weighted by Crippen LogP contribution is -2.56. The van der Waals surface area contributed by atoms with Gasteiger partial charge in [0.2, 0.25) is 11.8 Å². The Morgan fingerprint density at radius 3 is 2.56 bits per heavy atom. The summed E-state index contributed by atoms with van der Waals surface area (Å²) >= 11 is 0. The molecule has 11 nitrogen and oxygen atoms in total. The largest absolute Gasteiger partial charge is 0.443 e. The lowest BCUT2D eigenvalue weighted by Gasteiger charge is -2.42. The average molecular weight is 511 g/mol. The van der Waals surface area contributed by atoms with Crippen molar-refractivity contribution < 1.29 is 33.3 Å². The van der Waals surface area contributed by atoms with Crippen molar-refractivity contribution in [2.24, 2.45) is 5.92 Å². The first kappa shape index (κ1) is 28.5. The maximum atomic E-state index is 12.6. The van der Waals surface area contributed by atoms with Crippen LogP contribution in [0.2, 0.25) is 0 Å². The first-order valence-corrected chi connectivity index (χ1v) is 12.6. The van der Waals surface area contributed by atoms with Crippen molar-refractivity contribution >= 4 is 17.9 Å². The Kier molecular flexibility index (Phi) is 9.50. The number of methoxy groups -OCH3 is 1. The van der Waals surface area contributed by atoms with Gasteiger partial charge in [0.25, 0.3) is 0 Å². The van der Waals surface area contributed by atoms with E-state index in [-0.39, 0.29) is 36.6 Å². The van der Waals surface area contributed by atoms with Crippen LogP contribution in [0.15, 0.2) is 11.6 Å². The van der Waals surface area contributed by atoms with Crippen molar-refractivity contribution in [2.45, 2.75) is 69.5 Å². The van der Waals surface area contributed by atoms with Crippen molar-refractivity contribution in [1.82, 2.24) is 20.9 Å². The van der Waals surface area contributed by atoms with Crippen LogP contribution in [0.3, 0.4) is 0 Å². The Morgan fingerprint density at radius 1 is 1.22 bits per heavy atom. The maximum absolute atomic E-state index is 12.6. The molecule has 2 saturated heterocycles. The van der Waals surface area contributed by atoms with Crippen molar-refractivity contribution in [3.8, 4) is 0 Å². The first-order chi connectivity index (χ1) is 17.0. The zero-order valence-corrected chi connectivity index (χ0v) is 22.3. The van der Waals surface area contributed by atoms with E-state index in [1.807, 2.05) is 0 Å². The fourth-order valence-corrected chi connectivity index (χ4v) is 5.32. The summed E-state index contributed by atoms with van der Waals surface area (Å²) < 4.78 is 23.7. The molecule has 0 radical (unpaired) electrons. The van der Waals surface area contributed by atoms with E-state index in [9.17, 15) is 14.4 Å². The zero-order chi connectivity index (χ0) is 26.5. The normalized spacial score (nSPS) is 32.6. The molecule has 3 rings (SSSR count). The Hall–Kier alpha value is -2.05. The van der Waals surface area contributed by atoms with Crippen LogP contribution in [0.4, 0.5) is 4.79 Å². The molecule has 2 heterocycles. The summed E-state index contributed by atoms with van der Waals surface area (Å²) in [5, 5.41) is 7.81. The molecule has 11 heteroatoms. The number of nitrogens with one attached hydrogen (secondary N) is 3. The Labute approximate surface area is 213 Å². The van der Waals surface area contributed by atoms with Gasteiger partial charge < -0.3 is 29.6 Å². The third kappa shape index (κ3) is 7.04. The zero-order valence-electron chi connectivity index (χ0n) is 22.3. The minimum absolute atomic E-state index is 0.00704. The van der Waals surface area contributed by atoms with Gasteiger partial charge in [-0.25, -0.2) is 4.79 Å². The summed E-state index contributed by atoms with van der Waals surface area (Å²) in [7, 11) is 5.04. The second-order valence-electron chi connectivity index (χ2n) is 10.5. The van der Waals surface area contributed by atoms with Gasteiger partial charge in [0, 0.05) is 20.2 Å². The van der Waals surface area contributed by atoms with Crippen LogP contribution < -0.4 is 16.0 Å². The quantitative estimate of drug-likeness (QED) is 0.255. The molecule has 6 atom stereocenters. The smallest absolute Gasteiger partial charge is 0.414 e. The van der Waals surface area contributed by atoms with Crippen molar-refractivity contribution in [3.05, 3.63) is 11.6 Å². The van der Waals surface area contributed by atoms with Gasteiger partial charge in [0.1, 0.15) is 23.4 Å². The predicted octanol–water partition coefficient (Wildman–Crippen LogP) is 0.583. The number of hydrogen-bond acceptors (Lipinski definition) is 9. The van der Waals surface area contributed by atoms with Crippen molar-refractivity contribution in [3.63, 3.8) is 0 Å². The molecule has 36 heavy (non-hydrogen) atoms. The van der Waals surface area contributed by atoms with Crippen LogP contribution in [0.1, 0.15) is 40.0 Å². The number of imide groups is 1. The van der Waals surface area contributed by atoms with Gasteiger partial charge in [0.15, 0.2) is 0 Å². The molecule has 3 fully saturated rings. The molecule has 0 aromatic heterocycles. The van der Waals surface area contributed by atoms with Crippen LogP contribution in [-0.4, -0.2) is 106 Å². The van der Waals surface area contributed by atoms with Gasteiger partial charge >= 0.3 is 6.09 Å². The number of amides is 3. The topological polar surface area (TPSA) is 134 Å². The third-order valence-corrected chi connectivity index (χ3v) is 7.30. The highest BCUT2D eigenvalue weighted by Gasteiger charge is 2.72. The maximum Gasteiger partial charge on any atom is 0.414 e. The lowest BCUT2D eigenvalue weighted by molar-refractivity contribution is -0.126. The van der Waals surface area contributed by atoms with E-state index < -0.39 is 29.8 Å². The second kappa shape index (κ2) is 12.0. The predicted molar refractivity (Wildman–Crippen MR) is 132 cm³/mol. The summed E-state index contributed by atoms with van der Waals surface area (Å²) in [6.45, 7) is 7.94. The average Bonchev–Trinajstić information content (AvgIpc) is 3.70. The van der Waals surface area contributed by atoms with Crippen LogP contribution >= 0.6 is 0 Å². The summed E-state index contributed by atoms with van der Waals surface area (Å²) in [5.41, 5.74) is 0.499. The molecule has 204 valence electrons. The molecule has 0 aromatic carbocycles. The number of carbonyl (C=O) groups is 3. The summed E-state index contributed by atoms with van der Waals surface area (Å²) in [5.74, 6) is -0.687. The number of epoxide rings is 2. The van der Waals surface area contributed by atoms with Crippen LogP contribution in [-0.2, 0) is 28.5 Å². The molecular weight excluding hydrogens is 468 g/mol. The molecule has 3 amide bonds. The summed E-state index contributed by atoms with van der Waals surface area (Å²) in [6, 6.07) is 0. The van der Waals surface area contributed by atoms with Crippen LogP contribution in [0.5, 0.6) is 0 Å². The van der Waals surface area contributed by atoms with Gasteiger partial charge in [-0.2, -0.15) is 0 Å². The van der Waals surface area contributed by atoms with Gasteiger partial charge in [-0.05, 0) is 54.1 Å². The van der Waals surface area contributed by atoms with E-state index in [4.69, 9.17) is 18.9 Å².